The van der Waals surface area contributed by atoms with Crippen LogP contribution >= 0.6 is 0 Å². The zero-order chi connectivity index (χ0) is 55.3. The summed E-state index contributed by atoms with van der Waals surface area (Å²) in [5.74, 6) is -1.79. The second-order valence-corrected chi connectivity index (χ2v) is 21.2. The smallest absolute Gasteiger partial charge is 0.362 e. The first-order chi connectivity index (χ1) is 35.4. The van der Waals surface area contributed by atoms with Crippen molar-refractivity contribution >= 4 is 35.8 Å². The maximum absolute atomic E-state index is 12.9. The van der Waals surface area contributed by atoms with E-state index in [0.717, 1.165) is 128 Å². The Morgan fingerprint density at radius 2 is 0.730 bits per heavy atom. The van der Waals surface area contributed by atoms with E-state index >= 15 is 0 Å². The summed E-state index contributed by atoms with van der Waals surface area (Å²) in [5.41, 5.74) is 0. The molecule has 0 aliphatic heterocycles. The van der Waals surface area contributed by atoms with Gasteiger partial charge in [0.15, 0.2) is 13.1 Å². The van der Waals surface area contributed by atoms with Crippen molar-refractivity contribution in [3.8, 4) is 0 Å². The number of aliphatic hydroxyl groups excluding tert-OH is 2. The number of quaternary nitrogens is 2. The lowest BCUT2D eigenvalue weighted by atomic mass is 10.0. The molecule has 16 heteroatoms. The van der Waals surface area contributed by atoms with Gasteiger partial charge in [-0.2, -0.15) is 0 Å². The SMILES string of the molecule is CCCCCC(OC(=O)C[N+](C)(C)CCOC(=O)CCC)C(O)CC=CCCCCCCCC(=O)OCCOC(=O)CCCCCCCC=CCC(O)C(CCCCC)OC(=O)C[N+](C)(C)CCOC(=O)CCC. The first kappa shape index (κ1) is 70.1. The van der Waals surface area contributed by atoms with Gasteiger partial charge in [0.1, 0.15) is 51.7 Å². The predicted octanol–water partition coefficient (Wildman–Crippen LogP) is 9.97. The van der Waals surface area contributed by atoms with E-state index in [1.54, 1.807) is 0 Å². The van der Waals surface area contributed by atoms with Gasteiger partial charge in [0.25, 0.3) is 0 Å². The lowest BCUT2D eigenvalue weighted by molar-refractivity contribution is -0.883. The Balaban J connectivity index is 4.17. The molecule has 0 spiro atoms. The number of carbonyl (C=O) groups is 6. The van der Waals surface area contributed by atoms with Gasteiger partial charge in [0.05, 0.1) is 40.4 Å². The number of nitrogens with zero attached hydrogens (tertiary/aromatic N) is 2. The molecule has 0 radical (unpaired) electrons. The van der Waals surface area contributed by atoms with Crippen LogP contribution in [0.3, 0.4) is 0 Å². The highest BCUT2D eigenvalue weighted by Gasteiger charge is 2.29. The molecule has 0 rings (SSSR count). The number of rotatable bonds is 49. The van der Waals surface area contributed by atoms with Crippen LogP contribution in [-0.4, -0.2) is 160 Å². The van der Waals surface area contributed by atoms with Crippen LogP contribution in [-0.2, 0) is 57.2 Å². The average molecular weight is 1060 g/mol. The Morgan fingerprint density at radius 1 is 0.392 bits per heavy atom. The number of ether oxygens (including phenoxy) is 6. The van der Waals surface area contributed by atoms with Crippen molar-refractivity contribution < 1.29 is 76.4 Å². The van der Waals surface area contributed by atoms with Crippen molar-refractivity contribution in [2.24, 2.45) is 0 Å². The molecular weight excluding hydrogens is 949 g/mol. The zero-order valence-electron chi connectivity index (χ0n) is 47.8. The normalized spacial score (nSPS) is 13.6. The fraction of sp³-hybridized carbons (Fsp3) is 0.828. The molecule has 2 N–H and O–H groups in total. The van der Waals surface area contributed by atoms with Crippen LogP contribution < -0.4 is 0 Å². The fourth-order valence-corrected chi connectivity index (χ4v) is 8.08. The summed E-state index contributed by atoms with van der Waals surface area (Å²) in [6.07, 6.45) is 27.1. The summed E-state index contributed by atoms with van der Waals surface area (Å²) < 4.78 is 33.3. The molecule has 74 heavy (non-hydrogen) atoms. The van der Waals surface area contributed by atoms with Crippen molar-refractivity contribution in [2.75, 3.05) is 80.8 Å². The van der Waals surface area contributed by atoms with Crippen molar-refractivity contribution in [3.63, 3.8) is 0 Å². The first-order valence-electron chi connectivity index (χ1n) is 28.7. The van der Waals surface area contributed by atoms with E-state index in [1.165, 1.54) is 0 Å². The second-order valence-electron chi connectivity index (χ2n) is 21.2. The van der Waals surface area contributed by atoms with E-state index in [4.69, 9.17) is 28.4 Å². The Hall–Kier alpha value is -3.86. The Labute approximate surface area is 447 Å². The maximum atomic E-state index is 12.9. The molecule has 0 heterocycles. The molecule has 4 atom stereocenters. The minimum Gasteiger partial charge on any atom is -0.462 e. The maximum Gasteiger partial charge on any atom is 0.362 e. The van der Waals surface area contributed by atoms with Crippen LogP contribution in [0, 0.1) is 0 Å². The van der Waals surface area contributed by atoms with Crippen LogP contribution in [0.1, 0.15) is 207 Å². The van der Waals surface area contributed by atoms with Gasteiger partial charge < -0.3 is 47.6 Å². The summed E-state index contributed by atoms with van der Waals surface area (Å²) in [6, 6.07) is 0. The molecule has 0 saturated carbocycles. The molecule has 0 fully saturated rings. The number of hydrogen-bond donors (Lipinski definition) is 2. The number of hydrogen-bond acceptors (Lipinski definition) is 14. The standard InChI is InChI=1S/C58H106N2O14/c1-9-13-27-37-51(73-57(67)47-59(5,6)41-43-69-53(63)33-11-3)49(61)35-29-23-19-15-17-21-25-31-39-55(65)71-45-46-72-56(66)40-32-26-22-18-16-20-24-30-36-50(62)52(38-28-14-10-2)74-58(68)48-60(7,8)42-44-70-54(64)34-12-4/h23-24,29-30,49-52,61-62H,9-22,25-28,31-48H2,1-8H3/q+2. The molecule has 4 unspecified atom stereocenters. The van der Waals surface area contributed by atoms with Crippen LogP contribution in [0.4, 0.5) is 0 Å². The highest BCUT2D eigenvalue weighted by atomic mass is 16.6. The highest BCUT2D eigenvalue weighted by Crippen LogP contribution is 2.18. The third-order valence-electron chi connectivity index (χ3n) is 12.8. The Morgan fingerprint density at radius 3 is 1.09 bits per heavy atom. The van der Waals surface area contributed by atoms with Crippen molar-refractivity contribution in [3.05, 3.63) is 24.3 Å². The molecular formula is C58H106N2O14+2. The molecule has 0 bridgehead atoms. The molecule has 0 amide bonds. The third kappa shape index (κ3) is 42.4. The molecule has 16 nitrogen and oxygen atoms in total. The van der Waals surface area contributed by atoms with Gasteiger partial charge in [-0.1, -0.05) is 116 Å². The monoisotopic (exact) mass is 1050 g/mol. The first-order valence-corrected chi connectivity index (χ1v) is 28.7. The van der Waals surface area contributed by atoms with E-state index in [2.05, 4.69) is 26.0 Å². The van der Waals surface area contributed by atoms with E-state index in [0.29, 0.717) is 73.4 Å². The van der Waals surface area contributed by atoms with E-state index in [-0.39, 0.29) is 75.3 Å². The number of carbonyl (C=O) groups excluding carboxylic acids is 6. The van der Waals surface area contributed by atoms with Gasteiger partial charge in [0.2, 0.25) is 0 Å². The highest BCUT2D eigenvalue weighted by molar-refractivity contribution is 5.72. The van der Waals surface area contributed by atoms with Gasteiger partial charge >= 0.3 is 35.8 Å². The molecule has 0 saturated heterocycles. The molecule has 0 aliphatic rings. The number of aliphatic hydroxyl groups is 2. The number of esters is 6. The lowest BCUT2D eigenvalue weighted by Gasteiger charge is -2.30. The van der Waals surface area contributed by atoms with Gasteiger partial charge in [-0.05, 0) is 89.9 Å². The van der Waals surface area contributed by atoms with Crippen LogP contribution in [0.25, 0.3) is 0 Å². The topological polar surface area (TPSA) is 198 Å². The van der Waals surface area contributed by atoms with Crippen LogP contribution in [0.2, 0.25) is 0 Å². The summed E-state index contributed by atoms with van der Waals surface area (Å²) >= 11 is 0. The molecule has 430 valence electrons. The predicted molar refractivity (Wildman–Crippen MR) is 290 cm³/mol. The summed E-state index contributed by atoms with van der Waals surface area (Å²) in [4.78, 5) is 73.5. The largest absolute Gasteiger partial charge is 0.462 e. The summed E-state index contributed by atoms with van der Waals surface area (Å²) in [6.45, 7) is 9.85. The molecule has 0 aromatic heterocycles. The quantitative estimate of drug-likeness (QED) is 0.0192. The van der Waals surface area contributed by atoms with Crippen molar-refractivity contribution in [1.82, 2.24) is 0 Å². The minimum absolute atomic E-state index is 0.0530. The number of allylic oxidation sites excluding steroid dienone is 2. The van der Waals surface area contributed by atoms with Gasteiger partial charge in [-0.25, -0.2) is 9.59 Å². The number of likely N-dealkylation sites (N-methyl/N-ethyl adjacent to an activating group) is 2. The fourth-order valence-electron chi connectivity index (χ4n) is 8.08. The molecule has 0 aromatic rings. The zero-order valence-corrected chi connectivity index (χ0v) is 47.8. The summed E-state index contributed by atoms with van der Waals surface area (Å²) in [5, 5.41) is 21.9. The number of unbranched alkanes of at least 4 members (excludes halogenated alkanes) is 14. The Bertz CT molecular complexity index is 1440. The van der Waals surface area contributed by atoms with Crippen LogP contribution in [0.5, 0.6) is 0 Å². The second kappa shape index (κ2) is 45.3. The molecule has 0 aromatic carbocycles. The minimum atomic E-state index is -0.789. The van der Waals surface area contributed by atoms with E-state index in [1.807, 2.05) is 54.2 Å². The van der Waals surface area contributed by atoms with E-state index in [9.17, 15) is 39.0 Å². The van der Waals surface area contributed by atoms with Crippen LogP contribution in [0.15, 0.2) is 24.3 Å². The van der Waals surface area contributed by atoms with Gasteiger partial charge in [0, 0.05) is 25.7 Å². The lowest BCUT2D eigenvalue weighted by Crippen LogP contribution is -2.48. The van der Waals surface area contributed by atoms with Crippen molar-refractivity contribution in [2.45, 2.75) is 232 Å². The van der Waals surface area contributed by atoms with E-state index < -0.39 is 24.4 Å². The average Bonchev–Trinajstić information content (AvgIpc) is 3.33. The summed E-state index contributed by atoms with van der Waals surface area (Å²) in [7, 11) is 7.57. The van der Waals surface area contributed by atoms with Crippen molar-refractivity contribution in [1.29, 1.82) is 0 Å². The Kier molecular flexibility index (Phi) is 43.0. The molecule has 0 aliphatic carbocycles. The van der Waals surface area contributed by atoms with Gasteiger partial charge in [-0.3, -0.25) is 19.2 Å². The van der Waals surface area contributed by atoms with Gasteiger partial charge in [-0.15, -0.1) is 0 Å². The third-order valence-corrected chi connectivity index (χ3v) is 12.8.